The Morgan fingerprint density at radius 1 is 1.41 bits per heavy atom. The van der Waals surface area contributed by atoms with E-state index in [1.165, 1.54) is 0 Å². The van der Waals surface area contributed by atoms with Crippen LogP contribution in [0.3, 0.4) is 0 Å². The summed E-state index contributed by atoms with van der Waals surface area (Å²) in [6.45, 7) is 3.81. The average Bonchev–Trinajstić information content (AvgIpc) is 2.32. The first kappa shape index (κ1) is 11.4. The van der Waals surface area contributed by atoms with E-state index >= 15 is 0 Å². The Balaban J connectivity index is 2.75. The van der Waals surface area contributed by atoms with Gasteiger partial charge in [0.15, 0.2) is 0 Å². The molecule has 0 aliphatic heterocycles. The highest BCUT2D eigenvalue weighted by atomic mass is 16.7. The van der Waals surface area contributed by atoms with Crippen LogP contribution in [-0.4, -0.2) is 16.2 Å². The molecule has 0 radical (unpaired) electrons. The molecule has 1 aromatic carbocycles. The fraction of sp³-hybridized carbons (Fsp3) is 0.231. The van der Waals surface area contributed by atoms with Crippen molar-refractivity contribution in [1.82, 2.24) is 4.98 Å². The first-order valence-electron chi connectivity index (χ1n) is 5.42. The van der Waals surface area contributed by atoms with Crippen LogP contribution in [0.1, 0.15) is 18.2 Å². The molecule has 0 unspecified atom stereocenters. The normalized spacial score (nSPS) is 10.5. The van der Waals surface area contributed by atoms with Crippen molar-refractivity contribution >= 4 is 17.1 Å². The summed E-state index contributed by atoms with van der Waals surface area (Å²) in [5.41, 5.74) is 2.40. The predicted molar refractivity (Wildman–Crippen MR) is 64.5 cm³/mol. The second-order valence-corrected chi connectivity index (χ2v) is 3.75. The van der Waals surface area contributed by atoms with Crippen molar-refractivity contribution in [3.8, 4) is 5.75 Å². The highest BCUT2D eigenvalue weighted by molar-refractivity contribution is 5.88. The summed E-state index contributed by atoms with van der Waals surface area (Å²) < 4.78 is 4.88. The highest BCUT2D eigenvalue weighted by Gasteiger charge is 2.14. The first-order valence-corrected chi connectivity index (χ1v) is 5.42. The molecule has 1 heterocycles. The van der Waals surface area contributed by atoms with Gasteiger partial charge in [-0.25, -0.2) is 4.79 Å². The lowest BCUT2D eigenvalue weighted by Gasteiger charge is -2.11. The SMILES string of the molecule is CCc1nc2ccccc2c(OC(=O)O)c1C. The maximum Gasteiger partial charge on any atom is 0.511 e. The van der Waals surface area contributed by atoms with E-state index in [9.17, 15) is 4.79 Å². The van der Waals surface area contributed by atoms with E-state index in [1.807, 2.05) is 38.1 Å². The first-order chi connectivity index (χ1) is 8.13. The summed E-state index contributed by atoms with van der Waals surface area (Å²) in [6.07, 6.45) is -0.557. The Bertz CT molecular complexity index is 578. The van der Waals surface area contributed by atoms with Crippen molar-refractivity contribution in [2.24, 2.45) is 0 Å². The number of carboxylic acid groups (broad SMARTS) is 1. The monoisotopic (exact) mass is 231 g/mol. The molecule has 2 rings (SSSR count). The number of aromatic nitrogens is 1. The largest absolute Gasteiger partial charge is 0.511 e. The van der Waals surface area contributed by atoms with Crippen molar-refractivity contribution in [3.63, 3.8) is 0 Å². The molecule has 4 nitrogen and oxygen atoms in total. The summed E-state index contributed by atoms with van der Waals surface area (Å²) >= 11 is 0. The van der Waals surface area contributed by atoms with Gasteiger partial charge in [0.2, 0.25) is 0 Å². The van der Waals surface area contributed by atoms with E-state index in [4.69, 9.17) is 9.84 Å². The van der Waals surface area contributed by atoms with Gasteiger partial charge in [-0.05, 0) is 25.5 Å². The van der Waals surface area contributed by atoms with Gasteiger partial charge in [-0.15, -0.1) is 0 Å². The number of rotatable bonds is 2. The molecule has 4 heteroatoms. The third-order valence-corrected chi connectivity index (χ3v) is 2.70. The van der Waals surface area contributed by atoms with Crippen molar-refractivity contribution in [2.45, 2.75) is 20.3 Å². The van der Waals surface area contributed by atoms with Gasteiger partial charge in [-0.1, -0.05) is 19.1 Å². The highest BCUT2D eigenvalue weighted by Crippen LogP contribution is 2.30. The van der Waals surface area contributed by atoms with E-state index < -0.39 is 6.16 Å². The second-order valence-electron chi connectivity index (χ2n) is 3.75. The van der Waals surface area contributed by atoms with Crippen molar-refractivity contribution < 1.29 is 14.6 Å². The molecule has 1 aromatic heterocycles. The lowest BCUT2D eigenvalue weighted by molar-refractivity contribution is 0.144. The van der Waals surface area contributed by atoms with Gasteiger partial charge in [-0.2, -0.15) is 0 Å². The number of carbonyl (C=O) groups is 1. The van der Waals surface area contributed by atoms with E-state index in [-0.39, 0.29) is 0 Å². The molecule has 0 fully saturated rings. The fourth-order valence-electron chi connectivity index (χ4n) is 1.89. The number of benzene rings is 1. The van der Waals surface area contributed by atoms with E-state index in [2.05, 4.69) is 4.98 Å². The fourth-order valence-corrected chi connectivity index (χ4v) is 1.89. The number of hydrogen-bond acceptors (Lipinski definition) is 3. The number of nitrogens with zero attached hydrogens (tertiary/aromatic N) is 1. The summed E-state index contributed by atoms with van der Waals surface area (Å²) in [7, 11) is 0. The third-order valence-electron chi connectivity index (χ3n) is 2.70. The number of hydrogen-bond donors (Lipinski definition) is 1. The Morgan fingerprint density at radius 2 is 2.12 bits per heavy atom. The molecule has 2 aromatic rings. The molecule has 17 heavy (non-hydrogen) atoms. The molecule has 0 spiro atoms. The van der Waals surface area contributed by atoms with Gasteiger partial charge >= 0.3 is 6.16 Å². The lowest BCUT2D eigenvalue weighted by Crippen LogP contribution is -2.07. The maximum absolute atomic E-state index is 10.7. The van der Waals surface area contributed by atoms with Crippen LogP contribution in [0, 0.1) is 6.92 Å². The molecular weight excluding hydrogens is 218 g/mol. The van der Waals surface area contributed by atoms with Crippen LogP contribution in [-0.2, 0) is 6.42 Å². The standard InChI is InChI=1S/C13H13NO3/c1-3-10-8(2)12(17-13(15)16)9-6-4-5-7-11(9)14-10/h4-7H,3H2,1-2H3,(H,15,16). The number of aryl methyl sites for hydroxylation is 1. The zero-order chi connectivity index (χ0) is 12.4. The van der Waals surface area contributed by atoms with E-state index in [1.54, 1.807) is 0 Å². The van der Waals surface area contributed by atoms with Gasteiger partial charge < -0.3 is 9.84 Å². The Hall–Kier alpha value is -2.10. The molecule has 0 atom stereocenters. The minimum Gasteiger partial charge on any atom is -0.449 e. The number of para-hydroxylation sites is 1. The number of pyridine rings is 1. The van der Waals surface area contributed by atoms with Crippen LogP contribution in [0.2, 0.25) is 0 Å². The third kappa shape index (κ3) is 2.06. The minimum atomic E-state index is -1.30. The van der Waals surface area contributed by atoms with Crippen LogP contribution >= 0.6 is 0 Å². The van der Waals surface area contributed by atoms with Gasteiger partial charge in [-0.3, -0.25) is 4.98 Å². The smallest absolute Gasteiger partial charge is 0.449 e. The van der Waals surface area contributed by atoms with Gasteiger partial charge in [0.25, 0.3) is 0 Å². The van der Waals surface area contributed by atoms with Crippen molar-refractivity contribution in [1.29, 1.82) is 0 Å². The van der Waals surface area contributed by atoms with E-state index in [0.29, 0.717) is 5.75 Å². The molecule has 0 amide bonds. The predicted octanol–water partition coefficient (Wildman–Crippen LogP) is 3.16. The Morgan fingerprint density at radius 3 is 2.76 bits per heavy atom. The van der Waals surface area contributed by atoms with Gasteiger partial charge in [0, 0.05) is 16.6 Å². The lowest BCUT2D eigenvalue weighted by atomic mass is 10.1. The van der Waals surface area contributed by atoms with Crippen LogP contribution < -0.4 is 4.74 Å². The zero-order valence-corrected chi connectivity index (χ0v) is 9.73. The van der Waals surface area contributed by atoms with Crippen LogP contribution in [0.5, 0.6) is 5.75 Å². The summed E-state index contributed by atoms with van der Waals surface area (Å²) in [5, 5.41) is 9.50. The molecule has 1 N–H and O–H groups in total. The molecule has 0 saturated heterocycles. The Kier molecular flexibility index (Phi) is 2.95. The van der Waals surface area contributed by atoms with Crippen molar-refractivity contribution in [3.05, 3.63) is 35.5 Å². The second kappa shape index (κ2) is 4.41. The molecule has 0 aliphatic rings. The molecule has 0 bridgehead atoms. The molecular formula is C13H13NO3. The minimum absolute atomic E-state index is 0.389. The van der Waals surface area contributed by atoms with Crippen LogP contribution in [0.25, 0.3) is 10.9 Å². The number of fused-ring (bicyclic) bond motifs is 1. The Labute approximate surface area is 98.9 Å². The maximum atomic E-state index is 10.7. The zero-order valence-electron chi connectivity index (χ0n) is 9.73. The topological polar surface area (TPSA) is 59.4 Å². The molecule has 88 valence electrons. The van der Waals surface area contributed by atoms with Gasteiger partial charge in [0.1, 0.15) is 5.75 Å². The molecule has 0 saturated carbocycles. The molecule has 0 aliphatic carbocycles. The van der Waals surface area contributed by atoms with Gasteiger partial charge in [0.05, 0.1) is 5.52 Å². The quantitative estimate of drug-likeness (QED) is 0.806. The van der Waals surface area contributed by atoms with E-state index in [0.717, 1.165) is 28.6 Å². The van der Waals surface area contributed by atoms with Crippen LogP contribution in [0.4, 0.5) is 4.79 Å². The van der Waals surface area contributed by atoms with Crippen molar-refractivity contribution in [2.75, 3.05) is 0 Å². The summed E-state index contributed by atoms with van der Waals surface area (Å²) in [5.74, 6) is 0.389. The van der Waals surface area contributed by atoms with Crippen LogP contribution in [0.15, 0.2) is 24.3 Å². The summed E-state index contributed by atoms with van der Waals surface area (Å²) in [4.78, 5) is 15.2. The summed E-state index contributed by atoms with van der Waals surface area (Å²) in [6, 6.07) is 7.37. The number of ether oxygens (including phenoxy) is 1. The average molecular weight is 231 g/mol.